The van der Waals surface area contributed by atoms with Crippen LogP contribution in [0, 0.1) is 49.2 Å². The van der Waals surface area contributed by atoms with Gasteiger partial charge in [0.25, 0.3) is 0 Å². The molecule has 0 radical (unpaired) electrons. The van der Waals surface area contributed by atoms with E-state index >= 15 is 43.2 Å². The molecule has 17 atom stereocenters. The van der Waals surface area contributed by atoms with Crippen LogP contribution in [0.2, 0.25) is 0 Å². The van der Waals surface area contributed by atoms with E-state index < -0.39 is 203 Å². The average molecular weight is 2110 g/mol. The summed E-state index contributed by atoms with van der Waals surface area (Å²) < 4.78 is 0. The number of hydrogen-bond donors (Lipinski definition) is 35. The van der Waals surface area contributed by atoms with Crippen LogP contribution in [0.1, 0.15) is 206 Å². The number of guanidine groups is 8. The molecular weight excluding hydrogens is 1950 g/mol. The van der Waals surface area contributed by atoms with Gasteiger partial charge in [-0.15, -0.1) is 0 Å². The Labute approximate surface area is 871 Å². The normalized spacial score (nSPS) is 19.4. The van der Waals surface area contributed by atoms with Gasteiger partial charge in [0.1, 0.15) is 90.6 Å². The molecule has 6 fully saturated rings. The summed E-state index contributed by atoms with van der Waals surface area (Å²) in [5.74, 6) is -15.9. The van der Waals surface area contributed by atoms with Crippen LogP contribution < -0.4 is 142 Å². The molecule has 0 saturated carbocycles. The number of carbonyl (C=O) groups excluding carboxylic acids is 15. The number of nitrogens with one attached hydrogen (secondary N) is 25. The Kier molecular flexibility index (Phi) is 50.5. The van der Waals surface area contributed by atoms with Crippen molar-refractivity contribution in [3.63, 3.8) is 0 Å². The van der Waals surface area contributed by atoms with Gasteiger partial charge in [-0.2, -0.15) is 0 Å². The first-order chi connectivity index (χ1) is 71.4. The number of hydrogen-bond acceptors (Lipinski definition) is 25. The quantitative estimate of drug-likeness (QED) is 0.0164. The van der Waals surface area contributed by atoms with E-state index in [0.717, 1.165) is 0 Å². The fourth-order valence-electron chi connectivity index (χ4n) is 19.4. The summed E-state index contributed by atoms with van der Waals surface area (Å²) in [6.45, 7) is 4.39. The summed E-state index contributed by atoms with van der Waals surface area (Å²) in [6.07, 6.45) is 3.56. The number of nitrogens with two attached hydrogens (primary N) is 9. The third kappa shape index (κ3) is 39.2. The summed E-state index contributed by atoms with van der Waals surface area (Å²) in [5, 5.41) is 118. The van der Waals surface area contributed by atoms with Crippen molar-refractivity contribution in [3.05, 3.63) is 35.9 Å². The predicted molar refractivity (Wildman–Crippen MR) is 554 cm³/mol. The summed E-state index contributed by atoms with van der Waals surface area (Å²) in [6, 6.07) is -12.2. The van der Waals surface area contributed by atoms with Crippen molar-refractivity contribution in [3.8, 4) is 0 Å². The summed E-state index contributed by atoms with van der Waals surface area (Å²) in [5.41, 5.74) is 51.3. The topological polar surface area (TPSA) is 942 Å². The van der Waals surface area contributed by atoms with Crippen molar-refractivity contribution in [1.29, 1.82) is 43.3 Å². The molecule has 15 amide bonds. The van der Waals surface area contributed by atoms with Crippen molar-refractivity contribution in [1.82, 2.24) is 120 Å². The highest BCUT2D eigenvalue weighted by Crippen LogP contribution is 2.31. The van der Waals surface area contributed by atoms with E-state index in [0.29, 0.717) is 37.7 Å². The Balaban J connectivity index is 1.08. The molecule has 6 heterocycles. The van der Waals surface area contributed by atoms with E-state index in [1.165, 1.54) is 29.4 Å². The summed E-state index contributed by atoms with van der Waals surface area (Å²) >= 11 is 0. The maximum Gasteiger partial charge on any atom is 0.326 e. The number of rotatable bonds is 61. The first-order valence-electron chi connectivity index (χ1n) is 51.6. The van der Waals surface area contributed by atoms with E-state index in [2.05, 4.69) is 90.4 Å². The zero-order valence-corrected chi connectivity index (χ0v) is 85.7. The van der Waals surface area contributed by atoms with Crippen molar-refractivity contribution >= 4 is 142 Å². The molecule has 0 bridgehead atoms. The lowest BCUT2D eigenvalue weighted by Crippen LogP contribution is -2.61. The van der Waals surface area contributed by atoms with Crippen LogP contribution in [-0.2, 0) is 83.1 Å². The minimum atomic E-state index is -1.46. The molecule has 57 heteroatoms. The second-order valence-corrected chi connectivity index (χ2v) is 38.5. The lowest BCUT2D eigenvalue weighted by molar-refractivity contribution is -0.148. The number of likely N-dealkylation sites (tertiary alicyclic amines) is 6. The van der Waals surface area contributed by atoms with Crippen molar-refractivity contribution in [2.45, 2.75) is 303 Å². The fraction of sp³-hybridized carbons (Fsp3) is 0.677. The Morgan fingerprint density at radius 3 is 0.867 bits per heavy atom. The number of carboxylic acid groups (broad SMARTS) is 1. The lowest BCUT2D eigenvalue weighted by Gasteiger charge is -2.34. The van der Waals surface area contributed by atoms with Crippen LogP contribution in [0.3, 0.4) is 0 Å². The third-order valence-electron chi connectivity index (χ3n) is 27.3. The Hall–Kier alpha value is -15.1. The van der Waals surface area contributed by atoms with Gasteiger partial charge in [0.05, 0.1) is 6.04 Å². The molecule has 6 aliphatic heterocycles. The molecule has 0 aromatic heterocycles. The molecular formula is C93H160N40O17. The fourth-order valence-corrected chi connectivity index (χ4v) is 19.4. The molecule has 7 rings (SSSR count). The maximum absolute atomic E-state index is 15.6. The largest absolute Gasteiger partial charge is 0.480 e. The number of benzene rings is 1. The molecule has 0 unspecified atom stereocenters. The second kappa shape index (κ2) is 62.2. The summed E-state index contributed by atoms with van der Waals surface area (Å²) in [4.78, 5) is 244. The van der Waals surface area contributed by atoms with Gasteiger partial charge < -0.3 is 176 Å². The van der Waals surface area contributed by atoms with Gasteiger partial charge in [-0.1, -0.05) is 50.6 Å². The number of carbonyl (C=O) groups is 16. The van der Waals surface area contributed by atoms with E-state index in [1.807, 2.05) is 0 Å². The molecule has 150 heavy (non-hydrogen) atoms. The van der Waals surface area contributed by atoms with E-state index in [1.54, 1.807) is 44.2 Å². The Morgan fingerprint density at radius 1 is 0.307 bits per heavy atom. The molecule has 0 spiro atoms. The SMILES string of the molecule is CC[C@H](C)[C@H](NC(=O)[C@H](CCCNC(=N)N)NC(=O)[C@@H](N)CCCNC(=N)N)C(=O)N[C@@H](CCCNC(=N)N)C(=O)N1CCC[C@H]1C(=O)N[C@@H](CCCNC(=N)N)C(=O)N1CCC[C@H]1C(=O)N1CCC[C@H]1C(=O)N[C@@H](CCCNC(=N)N)C(=O)N[C@@H](Cc1ccccc1)C(=O)N1CCC[C@H]1C(=O)N[C@@H](CCCNC(=N)N)C(=O)N1CCC[C@H]1C(=O)N[C@@H](CCCNC(=N)N)C(=O)N1CCC[C@H]1C(=O)N[C@@H](CCCNC(=N)N)C(=O)O. The van der Waals surface area contributed by atoms with Crippen LogP contribution in [0.25, 0.3) is 0 Å². The first kappa shape index (κ1) is 122. The molecule has 1 aromatic rings. The smallest absolute Gasteiger partial charge is 0.326 e. The number of amides is 15. The van der Waals surface area contributed by atoms with Crippen LogP contribution in [0.4, 0.5) is 0 Å². The zero-order chi connectivity index (χ0) is 110. The minimum Gasteiger partial charge on any atom is -0.480 e. The lowest BCUT2D eigenvalue weighted by atomic mass is 9.96. The molecule has 6 aliphatic rings. The van der Waals surface area contributed by atoms with Crippen molar-refractivity contribution in [2.75, 3.05) is 91.6 Å². The van der Waals surface area contributed by atoms with E-state index in [-0.39, 0.29) is 294 Å². The Bertz CT molecular complexity index is 4870. The molecule has 0 aliphatic carbocycles. The highest BCUT2D eigenvalue weighted by atomic mass is 16.4. The van der Waals surface area contributed by atoms with Crippen LogP contribution in [-0.4, -0.2) is 365 Å². The van der Waals surface area contributed by atoms with Gasteiger partial charge in [-0.25, -0.2) is 4.79 Å². The number of nitrogens with zero attached hydrogens (tertiary/aromatic N) is 6. The van der Waals surface area contributed by atoms with Gasteiger partial charge in [-0.3, -0.25) is 115 Å². The molecule has 1 aromatic carbocycles. The summed E-state index contributed by atoms with van der Waals surface area (Å²) in [7, 11) is 0. The van der Waals surface area contributed by atoms with E-state index in [9.17, 15) is 38.7 Å². The number of aliphatic carboxylic acids is 1. The van der Waals surface area contributed by atoms with E-state index in [4.69, 9.17) is 94.9 Å². The van der Waals surface area contributed by atoms with Gasteiger partial charge >= 0.3 is 5.97 Å². The predicted octanol–water partition coefficient (Wildman–Crippen LogP) is -8.90. The van der Waals surface area contributed by atoms with Crippen molar-refractivity contribution in [2.24, 2.45) is 57.5 Å². The third-order valence-corrected chi connectivity index (χ3v) is 27.3. The van der Waals surface area contributed by atoms with Crippen LogP contribution >= 0.6 is 0 Å². The highest BCUT2D eigenvalue weighted by Gasteiger charge is 2.49. The first-order valence-corrected chi connectivity index (χ1v) is 51.6. The Morgan fingerprint density at radius 2 is 0.547 bits per heavy atom. The zero-order valence-electron chi connectivity index (χ0n) is 85.7. The second-order valence-electron chi connectivity index (χ2n) is 38.5. The maximum atomic E-state index is 15.6. The highest BCUT2D eigenvalue weighted by molar-refractivity contribution is 6.02. The van der Waals surface area contributed by atoms with Crippen LogP contribution in [0.5, 0.6) is 0 Å². The molecule has 834 valence electrons. The van der Waals surface area contributed by atoms with Gasteiger partial charge in [0, 0.05) is 98.0 Å². The van der Waals surface area contributed by atoms with Gasteiger partial charge in [-0.05, 0) is 191 Å². The molecule has 6 saturated heterocycles. The van der Waals surface area contributed by atoms with Crippen LogP contribution in [0.15, 0.2) is 30.3 Å². The monoisotopic (exact) mass is 2110 g/mol. The standard InChI is InChI=1S/C93H160N40O17/c1-3-52(2)69(127-72(136)56(25-9-39-113-88(99)100)119-70(134)54(94)23-7-37-111-86(95)96)78(142)124-60(29-13-43-117-92(107)108)81(145)129-46-16-32-64(129)75(139)123-59(28-12-42-116-91(105)106)82(146)133-50-20-36-68(133)84(148)132-49-19-35-67(132)73(137)120-55(24-8-38-112-87(97)98)71(135)126-62(51-53-21-5-4-6-22-53)83(147)131-48-18-33-65(131)76(140)122-57(26-10-40-114-89(101)102)79(143)128-45-15-31-63(128)74(138)121-58(27-11-41-115-90(103)104)80(144)130-47-17-34-66(130)77(141)125-61(85(149)150)30-14-44-118-93(109)110/h4-6,21-22,52,54-69H,3,7-20,23-51,94H2,1-2H3,(H,119,134)(H,120,137)(H,121,138)(H,122,140)(H,123,139)(H,124,142)(H,125,141)(H,126,135)(H,127,136)(H,149,150)(H4,95,96,111)(H4,97,98,112)(H4,99,100,113)(H4,101,102,114)(H4,103,104,115)(H4,105,106,116)(H4,107,108,117)(H4,109,110,118)/t52-,54-,55-,56-,57-,58-,59-,60-,61-,62-,63-,64-,65-,66-,67-,68-,69-/m0/s1. The van der Waals surface area contributed by atoms with Gasteiger partial charge in [0.15, 0.2) is 47.7 Å². The molecule has 44 N–H and O–H groups in total. The van der Waals surface area contributed by atoms with Gasteiger partial charge in [0.2, 0.25) is 88.6 Å². The average Bonchev–Trinajstić information content (AvgIpc) is 1.65. The van der Waals surface area contributed by atoms with Crippen molar-refractivity contribution < 1.29 is 81.8 Å². The number of carboxylic acids is 1. The molecule has 57 nitrogen and oxygen atoms in total. The minimum absolute atomic E-state index is 0.00453.